The van der Waals surface area contributed by atoms with E-state index in [1.165, 1.54) is 0 Å². The molecule has 0 bridgehead atoms. The molecule has 0 aromatic carbocycles. The number of hydrogen-bond acceptors (Lipinski definition) is 2. The molecule has 56 valence electrons. The first-order valence-corrected chi connectivity index (χ1v) is 4.48. The van der Waals surface area contributed by atoms with Gasteiger partial charge in [-0.05, 0) is 30.2 Å². The highest BCUT2D eigenvalue weighted by atomic mass is 32.2. The molecule has 0 radical (unpaired) electrons. The van der Waals surface area contributed by atoms with Crippen LogP contribution in [0.25, 0.3) is 0 Å². The molecule has 10 heavy (non-hydrogen) atoms. The summed E-state index contributed by atoms with van der Waals surface area (Å²) in [5.74, 6) is 0. The predicted octanol–water partition coefficient (Wildman–Crippen LogP) is 2.51. The fourth-order valence-electron chi connectivity index (χ4n) is 0.407. The Bertz CT molecular complexity index is 131. The molecule has 0 unspecified atom stereocenters. The molecule has 0 saturated heterocycles. The Morgan fingerprint density at radius 2 is 2.40 bits per heavy atom. The maximum absolute atomic E-state index is 4.04. The van der Waals surface area contributed by atoms with E-state index in [0.29, 0.717) is 0 Å². The van der Waals surface area contributed by atoms with Crippen LogP contribution in [0.15, 0.2) is 28.6 Å². The minimum Gasteiger partial charge on any atom is -0.293 e. The lowest BCUT2D eigenvalue weighted by atomic mass is 10.3. The highest BCUT2D eigenvalue weighted by Gasteiger charge is 1.77. The van der Waals surface area contributed by atoms with Crippen molar-refractivity contribution in [2.24, 2.45) is 4.99 Å². The van der Waals surface area contributed by atoms with Crippen molar-refractivity contribution in [1.82, 2.24) is 0 Å². The van der Waals surface area contributed by atoms with Crippen molar-refractivity contribution in [3.05, 3.63) is 23.6 Å². The molecule has 0 aromatic heterocycles. The van der Waals surface area contributed by atoms with Gasteiger partial charge >= 0.3 is 0 Å². The Balaban J connectivity index is 3.63. The van der Waals surface area contributed by atoms with Crippen LogP contribution in [0.5, 0.6) is 0 Å². The fourth-order valence-corrected chi connectivity index (χ4v) is 0.718. The summed E-state index contributed by atoms with van der Waals surface area (Å²) in [5.41, 5.74) is 0.955. The van der Waals surface area contributed by atoms with Gasteiger partial charge in [-0.1, -0.05) is 6.58 Å². The standard InChI is InChI=1S/C8H13NS/c1-4-9-7-8(2)5-6-10-3/h5-7H,2,4H2,1,3H3/b6-5-,9-7-. The van der Waals surface area contributed by atoms with Gasteiger partial charge in [-0.15, -0.1) is 11.8 Å². The van der Waals surface area contributed by atoms with E-state index in [4.69, 9.17) is 0 Å². The molecule has 0 rings (SSSR count). The van der Waals surface area contributed by atoms with Gasteiger partial charge in [0.25, 0.3) is 0 Å². The zero-order chi connectivity index (χ0) is 7.82. The normalized spacial score (nSPS) is 11.4. The molecule has 1 nitrogen and oxygen atoms in total. The summed E-state index contributed by atoms with van der Waals surface area (Å²) < 4.78 is 0. The van der Waals surface area contributed by atoms with E-state index in [-0.39, 0.29) is 0 Å². The number of allylic oxidation sites excluding steroid dienone is 2. The lowest BCUT2D eigenvalue weighted by Crippen LogP contribution is -1.77. The molecule has 0 aliphatic heterocycles. The van der Waals surface area contributed by atoms with Crippen LogP contribution >= 0.6 is 11.8 Å². The average Bonchev–Trinajstić information content (AvgIpc) is 1.97. The van der Waals surface area contributed by atoms with Crippen LogP contribution in [-0.4, -0.2) is 19.0 Å². The first-order chi connectivity index (χ1) is 4.81. The molecule has 0 fully saturated rings. The summed E-state index contributed by atoms with van der Waals surface area (Å²) in [7, 11) is 0. The summed E-state index contributed by atoms with van der Waals surface area (Å²) in [4.78, 5) is 4.04. The zero-order valence-electron chi connectivity index (χ0n) is 6.50. The quantitative estimate of drug-likeness (QED) is 0.449. The molecule has 0 aliphatic carbocycles. The summed E-state index contributed by atoms with van der Waals surface area (Å²) in [6, 6.07) is 0. The molecular formula is C8H13NS. The van der Waals surface area contributed by atoms with Crippen molar-refractivity contribution in [3.8, 4) is 0 Å². The van der Waals surface area contributed by atoms with E-state index in [0.717, 1.165) is 12.1 Å². The predicted molar refractivity (Wildman–Crippen MR) is 50.8 cm³/mol. The molecule has 0 aromatic rings. The fraction of sp³-hybridized carbons (Fsp3) is 0.375. The average molecular weight is 155 g/mol. The Morgan fingerprint density at radius 3 is 2.90 bits per heavy atom. The van der Waals surface area contributed by atoms with Crippen molar-refractivity contribution in [1.29, 1.82) is 0 Å². The van der Waals surface area contributed by atoms with E-state index in [1.54, 1.807) is 18.0 Å². The third kappa shape index (κ3) is 5.63. The van der Waals surface area contributed by atoms with E-state index in [2.05, 4.69) is 11.6 Å². The van der Waals surface area contributed by atoms with Gasteiger partial charge in [-0.2, -0.15) is 0 Å². The third-order valence-corrected chi connectivity index (χ3v) is 1.27. The maximum Gasteiger partial charge on any atom is 0.0361 e. The van der Waals surface area contributed by atoms with Crippen molar-refractivity contribution >= 4 is 18.0 Å². The van der Waals surface area contributed by atoms with Crippen LogP contribution < -0.4 is 0 Å². The molecule has 0 heterocycles. The van der Waals surface area contributed by atoms with Crippen LogP contribution in [0.4, 0.5) is 0 Å². The second-order valence-electron chi connectivity index (χ2n) is 1.74. The largest absolute Gasteiger partial charge is 0.293 e. The first kappa shape index (κ1) is 9.50. The van der Waals surface area contributed by atoms with Gasteiger partial charge in [-0.25, -0.2) is 0 Å². The molecule has 0 N–H and O–H groups in total. The summed E-state index contributed by atoms with van der Waals surface area (Å²) >= 11 is 1.66. The van der Waals surface area contributed by atoms with Gasteiger partial charge in [0.2, 0.25) is 0 Å². The van der Waals surface area contributed by atoms with Gasteiger partial charge in [-0.3, -0.25) is 4.99 Å². The van der Waals surface area contributed by atoms with Crippen molar-refractivity contribution in [3.63, 3.8) is 0 Å². The monoisotopic (exact) mass is 155 g/mol. The lowest BCUT2D eigenvalue weighted by molar-refractivity contribution is 1.14. The Kier molecular flexibility index (Phi) is 6.29. The zero-order valence-corrected chi connectivity index (χ0v) is 7.32. The first-order valence-electron chi connectivity index (χ1n) is 3.19. The SMILES string of the molecule is C=C(/C=C\SC)/C=N\CC. The van der Waals surface area contributed by atoms with Crippen LogP contribution in [-0.2, 0) is 0 Å². The Morgan fingerprint density at radius 1 is 1.70 bits per heavy atom. The highest BCUT2D eigenvalue weighted by molar-refractivity contribution is 8.01. The second kappa shape index (κ2) is 6.62. The molecule has 0 aliphatic rings. The number of aliphatic imine (C=N–C) groups is 1. The van der Waals surface area contributed by atoms with E-state index in [1.807, 2.05) is 24.7 Å². The maximum atomic E-state index is 4.04. The lowest BCUT2D eigenvalue weighted by Gasteiger charge is -1.85. The summed E-state index contributed by atoms with van der Waals surface area (Å²) in [6.45, 7) is 6.61. The summed E-state index contributed by atoms with van der Waals surface area (Å²) in [5, 5.41) is 1.99. The van der Waals surface area contributed by atoms with Gasteiger partial charge in [0.1, 0.15) is 0 Å². The van der Waals surface area contributed by atoms with Crippen LogP contribution in [0, 0.1) is 0 Å². The van der Waals surface area contributed by atoms with Crippen molar-refractivity contribution in [2.75, 3.05) is 12.8 Å². The van der Waals surface area contributed by atoms with E-state index < -0.39 is 0 Å². The number of rotatable bonds is 4. The third-order valence-electron chi connectivity index (χ3n) is 0.858. The molecule has 0 amide bonds. The van der Waals surface area contributed by atoms with E-state index in [9.17, 15) is 0 Å². The Hall–Kier alpha value is -0.500. The minimum absolute atomic E-state index is 0.826. The van der Waals surface area contributed by atoms with Crippen LogP contribution in [0.2, 0.25) is 0 Å². The number of hydrogen-bond donors (Lipinski definition) is 0. The highest BCUT2D eigenvalue weighted by Crippen LogP contribution is 1.97. The topological polar surface area (TPSA) is 12.4 Å². The number of thioether (sulfide) groups is 1. The molecule has 0 atom stereocenters. The Labute approximate surface area is 66.9 Å². The van der Waals surface area contributed by atoms with Gasteiger partial charge < -0.3 is 0 Å². The molecule has 0 saturated carbocycles. The smallest absolute Gasteiger partial charge is 0.0361 e. The van der Waals surface area contributed by atoms with Gasteiger partial charge in [0, 0.05) is 12.8 Å². The van der Waals surface area contributed by atoms with Gasteiger partial charge in [0.05, 0.1) is 0 Å². The number of nitrogens with zero attached hydrogens (tertiary/aromatic N) is 1. The molecular weight excluding hydrogens is 142 g/mol. The van der Waals surface area contributed by atoms with Crippen molar-refractivity contribution in [2.45, 2.75) is 6.92 Å². The van der Waals surface area contributed by atoms with Gasteiger partial charge in [0.15, 0.2) is 0 Å². The summed E-state index contributed by atoms with van der Waals surface area (Å²) in [6.07, 6.45) is 5.75. The second-order valence-corrected chi connectivity index (χ2v) is 2.48. The molecule has 0 spiro atoms. The van der Waals surface area contributed by atoms with E-state index >= 15 is 0 Å². The van der Waals surface area contributed by atoms with Crippen molar-refractivity contribution < 1.29 is 0 Å². The molecule has 2 heteroatoms. The van der Waals surface area contributed by atoms with Crippen LogP contribution in [0.3, 0.4) is 0 Å². The van der Waals surface area contributed by atoms with Crippen LogP contribution in [0.1, 0.15) is 6.92 Å². The minimum atomic E-state index is 0.826.